The Morgan fingerprint density at radius 3 is 2.61 bits per heavy atom. The second kappa shape index (κ2) is 6.12. The summed E-state index contributed by atoms with van der Waals surface area (Å²) in [5, 5.41) is 1.04. The minimum Gasteiger partial charge on any atom is -0.412 e. The minimum absolute atomic E-state index is 0. The summed E-state index contributed by atoms with van der Waals surface area (Å²) in [5.74, 6) is 0.529. The summed E-state index contributed by atoms with van der Waals surface area (Å²) < 4.78 is 1.88. The second-order valence-electron chi connectivity index (χ2n) is 3.53. The maximum atomic E-state index is 5.78. The van der Waals surface area contributed by atoms with Gasteiger partial charge in [-0.15, -0.1) is 34.0 Å². The Balaban J connectivity index is 0.000000963. The van der Waals surface area contributed by atoms with Gasteiger partial charge in [0.25, 0.3) is 0 Å². The van der Waals surface area contributed by atoms with Gasteiger partial charge in [-0.05, 0) is 24.3 Å². The molecular weight excluding hydrogens is 364 g/mol. The molecule has 4 N–H and O–H groups in total. The molecule has 0 atom stereocenters. The van der Waals surface area contributed by atoms with Gasteiger partial charge in [0.2, 0.25) is 5.95 Å². The predicted molar refractivity (Wildman–Crippen MR) is 84.7 cm³/mol. The number of hydrogen-bond acceptors (Lipinski definition) is 3. The SMILES string of the molecule is Br.Br.Cn1c(N)nc2c3cccnc3ccc21.O. The van der Waals surface area contributed by atoms with Gasteiger partial charge in [-0.25, -0.2) is 4.98 Å². The van der Waals surface area contributed by atoms with Crippen LogP contribution in [0.3, 0.4) is 0 Å². The average molecular weight is 378 g/mol. The van der Waals surface area contributed by atoms with Crippen molar-refractivity contribution in [2.24, 2.45) is 7.05 Å². The summed E-state index contributed by atoms with van der Waals surface area (Å²) in [4.78, 5) is 8.62. The molecule has 0 aliphatic carbocycles. The summed E-state index contributed by atoms with van der Waals surface area (Å²) in [6.45, 7) is 0. The van der Waals surface area contributed by atoms with Crippen LogP contribution in [-0.2, 0) is 7.05 Å². The van der Waals surface area contributed by atoms with E-state index < -0.39 is 0 Å². The van der Waals surface area contributed by atoms with Crippen molar-refractivity contribution in [3.05, 3.63) is 30.5 Å². The van der Waals surface area contributed by atoms with E-state index >= 15 is 0 Å². The lowest BCUT2D eigenvalue weighted by molar-refractivity contribution is 0.824. The van der Waals surface area contributed by atoms with Crippen LogP contribution in [0, 0.1) is 0 Å². The molecule has 0 saturated carbocycles. The van der Waals surface area contributed by atoms with E-state index in [4.69, 9.17) is 5.73 Å². The van der Waals surface area contributed by atoms with Gasteiger partial charge >= 0.3 is 0 Å². The number of nitrogen functional groups attached to an aromatic ring is 1. The molecule has 0 spiro atoms. The molecule has 18 heavy (non-hydrogen) atoms. The highest BCUT2D eigenvalue weighted by atomic mass is 79.9. The Labute approximate surface area is 125 Å². The van der Waals surface area contributed by atoms with Crippen LogP contribution in [0.2, 0.25) is 0 Å². The lowest BCUT2D eigenvalue weighted by Gasteiger charge is -1.98. The molecule has 3 rings (SSSR count). The molecule has 2 aromatic heterocycles. The fourth-order valence-electron chi connectivity index (χ4n) is 1.83. The summed E-state index contributed by atoms with van der Waals surface area (Å²) in [5.41, 5.74) is 8.67. The van der Waals surface area contributed by atoms with Crippen molar-refractivity contribution in [2.45, 2.75) is 0 Å². The van der Waals surface area contributed by atoms with Gasteiger partial charge in [0.1, 0.15) is 5.52 Å². The summed E-state index contributed by atoms with van der Waals surface area (Å²) in [6, 6.07) is 7.90. The minimum atomic E-state index is 0. The number of pyridine rings is 1. The third kappa shape index (κ3) is 2.33. The highest BCUT2D eigenvalue weighted by Gasteiger charge is 2.07. The molecule has 98 valence electrons. The lowest BCUT2D eigenvalue weighted by atomic mass is 10.2. The van der Waals surface area contributed by atoms with Crippen molar-refractivity contribution in [3.8, 4) is 0 Å². The van der Waals surface area contributed by atoms with E-state index in [9.17, 15) is 0 Å². The quantitative estimate of drug-likeness (QED) is 0.650. The van der Waals surface area contributed by atoms with Gasteiger partial charge in [0.15, 0.2) is 0 Å². The Morgan fingerprint density at radius 1 is 1.17 bits per heavy atom. The van der Waals surface area contributed by atoms with Gasteiger partial charge in [-0.3, -0.25) is 4.98 Å². The lowest BCUT2D eigenvalue weighted by Crippen LogP contribution is -1.95. The molecule has 0 aliphatic heterocycles. The summed E-state index contributed by atoms with van der Waals surface area (Å²) >= 11 is 0. The number of hydrogen-bond donors (Lipinski definition) is 1. The fourth-order valence-corrected chi connectivity index (χ4v) is 1.83. The maximum absolute atomic E-state index is 5.78. The standard InChI is InChI=1S/C11H10N4.2BrH.H2O/c1-15-9-5-4-8-7(3-2-6-13-8)10(9)14-11(15)12;;;/h2-6H,1H3,(H2,12,14);2*1H;1H2. The van der Waals surface area contributed by atoms with E-state index in [2.05, 4.69) is 9.97 Å². The molecular formula is C11H14Br2N4O. The molecule has 0 radical (unpaired) electrons. The largest absolute Gasteiger partial charge is 0.412 e. The first-order valence-corrected chi connectivity index (χ1v) is 4.73. The van der Waals surface area contributed by atoms with E-state index in [1.807, 2.05) is 35.9 Å². The van der Waals surface area contributed by atoms with Crippen molar-refractivity contribution < 1.29 is 5.48 Å². The molecule has 2 heterocycles. The third-order valence-corrected chi connectivity index (χ3v) is 2.67. The van der Waals surface area contributed by atoms with Crippen LogP contribution in [0.1, 0.15) is 0 Å². The van der Waals surface area contributed by atoms with E-state index in [1.165, 1.54) is 0 Å². The number of aryl methyl sites for hydroxylation is 1. The predicted octanol–water partition coefficient (Wildman–Crippen LogP) is 2.03. The van der Waals surface area contributed by atoms with Crippen molar-refractivity contribution in [1.29, 1.82) is 0 Å². The monoisotopic (exact) mass is 376 g/mol. The number of nitrogens with zero attached hydrogens (tertiary/aromatic N) is 3. The van der Waals surface area contributed by atoms with E-state index in [0.717, 1.165) is 21.9 Å². The van der Waals surface area contributed by atoms with Gasteiger partial charge < -0.3 is 15.8 Å². The first-order valence-electron chi connectivity index (χ1n) is 4.73. The number of benzene rings is 1. The zero-order valence-corrected chi connectivity index (χ0v) is 13.0. The Morgan fingerprint density at radius 2 is 1.89 bits per heavy atom. The average Bonchev–Trinajstić information content (AvgIpc) is 2.56. The third-order valence-electron chi connectivity index (χ3n) is 2.67. The van der Waals surface area contributed by atoms with Crippen LogP contribution in [0.5, 0.6) is 0 Å². The van der Waals surface area contributed by atoms with Crippen LogP contribution in [0.25, 0.3) is 21.9 Å². The Hall–Kier alpha value is -1.18. The Bertz CT molecular complexity index is 668. The van der Waals surface area contributed by atoms with E-state index in [-0.39, 0.29) is 39.4 Å². The number of halogens is 2. The molecule has 7 heteroatoms. The molecule has 0 unspecified atom stereocenters. The van der Waals surface area contributed by atoms with Crippen LogP contribution in [0.15, 0.2) is 30.5 Å². The van der Waals surface area contributed by atoms with Gasteiger partial charge in [0.05, 0.1) is 11.0 Å². The molecule has 0 aliphatic rings. The number of rotatable bonds is 0. The van der Waals surface area contributed by atoms with Gasteiger partial charge in [-0.1, -0.05) is 0 Å². The normalized spacial score (nSPS) is 9.39. The topological polar surface area (TPSA) is 88.2 Å². The van der Waals surface area contributed by atoms with Crippen LogP contribution >= 0.6 is 34.0 Å². The first-order chi connectivity index (χ1) is 7.27. The van der Waals surface area contributed by atoms with Gasteiger partial charge in [0, 0.05) is 18.6 Å². The van der Waals surface area contributed by atoms with Crippen LogP contribution in [0.4, 0.5) is 5.95 Å². The fraction of sp³-hybridized carbons (Fsp3) is 0.0909. The Kier molecular flexibility index (Phi) is 5.72. The number of fused-ring (bicyclic) bond motifs is 3. The van der Waals surface area contributed by atoms with E-state index in [1.54, 1.807) is 6.20 Å². The summed E-state index contributed by atoms with van der Waals surface area (Å²) in [6.07, 6.45) is 1.78. The van der Waals surface area contributed by atoms with Crippen LogP contribution < -0.4 is 5.73 Å². The van der Waals surface area contributed by atoms with Crippen molar-refractivity contribution in [3.63, 3.8) is 0 Å². The van der Waals surface area contributed by atoms with E-state index in [0.29, 0.717) is 5.95 Å². The summed E-state index contributed by atoms with van der Waals surface area (Å²) in [7, 11) is 1.91. The smallest absolute Gasteiger partial charge is 0.200 e. The van der Waals surface area contributed by atoms with Crippen molar-refractivity contribution in [2.75, 3.05) is 5.73 Å². The molecule has 5 nitrogen and oxygen atoms in total. The molecule has 3 aromatic rings. The zero-order chi connectivity index (χ0) is 10.4. The van der Waals surface area contributed by atoms with Crippen LogP contribution in [-0.4, -0.2) is 20.0 Å². The highest BCUT2D eigenvalue weighted by molar-refractivity contribution is 8.93. The molecule has 0 bridgehead atoms. The highest BCUT2D eigenvalue weighted by Crippen LogP contribution is 2.24. The number of nitrogens with two attached hydrogens (primary N) is 1. The van der Waals surface area contributed by atoms with Crippen molar-refractivity contribution in [1.82, 2.24) is 14.5 Å². The number of anilines is 1. The maximum Gasteiger partial charge on any atom is 0.200 e. The molecule has 0 amide bonds. The molecule has 0 fully saturated rings. The number of aromatic nitrogens is 3. The van der Waals surface area contributed by atoms with Gasteiger partial charge in [-0.2, -0.15) is 0 Å². The molecule has 0 saturated heterocycles. The first kappa shape index (κ1) is 16.8. The number of imidazole rings is 1. The molecule has 1 aromatic carbocycles. The second-order valence-corrected chi connectivity index (χ2v) is 3.53. The zero-order valence-electron chi connectivity index (χ0n) is 9.62. The van der Waals surface area contributed by atoms with Crippen molar-refractivity contribution >= 4 is 61.8 Å².